The first kappa shape index (κ1) is 16.9. The Kier molecular flexibility index (Phi) is 4.76. The molecule has 1 fully saturated rings. The van der Waals surface area contributed by atoms with Gasteiger partial charge in [-0.05, 0) is 69.2 Å². The second kappa shape index (κ2) is 7.34. The van der Waals surface area contributed by atoms with E-state index in [9.17, 15) is 9.90 Å². The molecule has 0 amide bonds. The first-order chi connectivity index (χ1) is 12.7. The van der Waals surface area contributed by atoms with Crippen LogP contribution in [-0.2, 0) is 6.42 Å². The van der Waals surface area contributed by atoms with Crippen molar-refractivity contribution < 1.29 is 14.3 Å². The molecule has 2 heterocycles. The lowest BCUT2D eigenvalue weighted by Crippen LogP contribution is -2.20. The number of nitrogens with zero attached hydrogens (tertiary/aromatic N) is 1. The van der Waals surface area contributed by atoms with Gasteiger partial charge in [-0.3, -0.25) is 4.79 Å². The zero-order valence-corrected chi connectivity index (χ0v) is 14.8. The maximum Gasteiger partial charge on any atom is 0.197 e. The Labute approximate surface area is 153 Å². The van der Waals surface area contributed by atoms with Gasteiger partial charge in [-0.25, -0.2) is 0 Å². The van der Waals surface area contributed by atoms with Crippen LogP contribution in [0.25, 0.3) is 11.0 Å². The number of aromatic hydroxyl groups is 1. The lowest BCUT2D eigenvalue weighted by Gasteiger charge is -2.13. The maximum atomic E-state index is 13.1. The average Bonchev–Trinajstić information content (AvgIpc) is 3.29. The first-order valence-corrected chi connectivity index (χ1v) is 9.29. The number of rotatable bonds is 6. The largest absolute Gasteiger partial charge is 0.508 e. The molecule has 1 aliphatic rings. The second-order valence-electron chi connectivity index (χ2n) is 6.92. The molecule has 0 atom stereocenters. The maximum absolute atomic E-state index is 13.1. The molecule has 4 heteroatoms. The normalized spacial score (nSPS) is 14.9. The summed E-state index contributed by atoms with van der Waals surface area (Å²) < 4.78 is 6.04. The standard InChI is InChI=1S/C22H23NO3/c24-17-11-9-16(10-12-17)22(25)21-18-6-1-2-7-19(18)26-20(21)8-5-15-23-13-3-4-14-23/h1-2,6-7,9-12,24H,3-5,8,13-15H2. The lowest BCUT2D eigenvalue weighted by atomic mass is 9.98. The molecule has 1 aromatic heterocycles. The van der Waals surface area contributed by atoms with Crippen LogP contribution in [0.1, 0.15) is 40.9 Å². The van der Waals surface area contributed by atoms with Crippen molar-refractivity contribution in [2.75, 3.05) is 19.6 Å². The van der Waals surface area contributed by atoms with Gasteiger partial charge in [0.2, 0.25) is 0 Å². The summed E-state index contributed by atoms with van der Waals surface area (Å²) in [5.41, 5.74) is 1.98. The Morgan fingerprint density at radius 1 is 1.04 bits per heavy atom. The quantitative estimate of drug-likeness (QED) is 0.670. The summed E-state index contributed by atoms with van der Waals surface area (Å²) in [5, 5.41) is 10.3. The molecular formula is C22H23NO3. The van der Waals surface area contributed by atoms with Crippen LogP contribution in [0.15, 0.2) is 52.9 Å². The van der Waals surface area contributed by atoms with E-state index in [1.165, 1.54) is 25.9 Å². The van der Waals surface area contributed by atoms with Gasteiger partial charge in [0.15, 0.2) is 5.78 Å². The summed E-state index contributed by atoms with van der Waals surface area (Å²) in [5.74, 6) is 0.874. The number of phenolic OH excluding ortho intramolecular Hbond substituents is 1. The molecule has 0 unspecified atom stereocenters. The topological polar surface area (TPSA) is 53.7 Å². The van der Waals surface area contributed by atoms with E-state index in [0.717, 1.165) is 36.1 Å². The van der Waals surface area contributed by atoms with Crippen molar-refractivity contribution in [3.63, 3.8) is 0 Å². The molecule has 0 aliphatic carbocycles. The van der Waals surface area contributed by atoms with Crippen LogP contribution < -0.4 is 0 Å². The number of furan rings is 1. The van der Waals surface area contributed by atoms with E-state index in [4.69, 9.17) is 4.42 Å². The Balaban J connectivity index is 1.62. The number of benzene rings is 2. The minimum atomic E-state index is -0.0499. The van der Waals surface area contributed by atoms with E-state index < -0.39 is 0 Å². The lowest BCUT2D eigenvalue weighted by molar-refractivity contribution is 0.103. The van der Waals surface area contributed by atoms with E-state index in [2.05, 4.69) is 4.90 Å². The van der Waals surface area contributed by atoms with Crippen LogP contribution in [0.4, 0.5) is 0 Å². The molecular weight excluding hydrogens is 326 g/mol. The fraction of sp³-hybridized carbons (Fsp3) is 0.318. The fourth-order valence-corrected chi connectivity index (χ4v) is 3.75. The molecule has 0 spiro atoms. The minimum absolute atomic E-state index is 0.0499. The van der Waals surface area contributed by atoms with Gasteiger partial charge in [-0.15, -0.1) is 0 Å². The molecule has 0 saturated carbocycles. The van der Waals surface area contributed by atoms with Crippen LogP contribution >= 0.6 is 0 Å². The Hall–Kier alpha value is -2.59. The van der Waals surface area contributed by atoms with Gasteiger partial charge in [-0.2, -0.15) is 0 Å². The van der Waals surface area contributed by atoms with E-state index in [-0.39, 0.29) is 11.5 Å². The second-order valence-corrected chi connectivity index (χ2v) is 6.92. The highest BCUT2D eigenvalue weighted by Crippen LogP contribution is 2.29. The average molecular weight is 349 g/mol. The highest BCUT2D eigenvalue weighted by atomic mass is 16.3. The van der Waals surface area contributed by atoms with Gasteiger partial charge in [-0.1, -0.05) is 18.2 Å². The van der Waals surface area contributed by atoms with Crippen molar-refractivity contribution in [2.45, 2.75) is 25.7 Å². The molecule has 1 N–H and O–H groups in total. The van der Waals surface area contributed by atoms with Crippen molar-refractivity contribution in [2.24, 2.45) is 0 Å². The van der Waals surface area contributed by atoms with Crippen LogP contribution in [0.3, 0.4) is 0 Å². The molecule has 2 aromatic carbocycles. The molecule has 1 aliphatic heterocycles. The number of phenols is 1. The monoisotopic (exact) mass is 349 g/mol. The molecule has 134 valence electrons. The van der Waals surface area contributed by atoms with E-state index in [1.807, 2.05) is 24.3 Å². The third kappa shape index (κ3) is 3.37. The van der Waals surface area contributed by atoms with Crippen molar-refractivity contribution in [1.82, 2.24) is 4.90 Å². The number of ketones is 1. The molecule has 0 radical (unpaired) electrons. The predicted molar refractivity (Wildman–Crippen MR) is 102 cm³/mol. The van der Waals surface area contributed by atoms with Crippen LogP contribution in [0, 0.1) is 0 Å². The molecule has 4 rings (SSSR count). The molecule has 1 saturated heterocycles. The third-order valence-corrected chi connectivity index (χ3v) is 5.10. The fourth-order valence-electron chi connectivity index (χ4n) is 3.75. The number of aryl methyl sites for hydroxylation is 1. The van der Waals surface area contributed by atoms with Crippen LogP contribution in [0.5, 0.6) is 5.75 Å². The van der Waals surface area contributed by atoms with Crippen LogP contribution in [-0.4, -0.2) is 35.4 Å². The highest BCUT2D eigenvalue weighted by Gasteiger charge is 2.22. The number of hydrogen-bond donors (Lipinski definition) is 1. The molecule has 0 bridgehead atoms. The minimum Gasteiger partial charge on any atom is -0.508 e. The smallest absolute Gasteiger partial charge is 0.197 e. The molecule has 26 heavy (non-hydrogen) atoms. The van der Waals surface area contributed by atoms with Gasteiger partial charge in [0.1, 0.15) is 17.1 Å². The Morgan fingerprint density at radius 2 is 1.77 bits per heavy atom. The zero-order valence-electron chi connectivity index (χ0n) is 14.8. The number of likely N-dealkylation sites (tertiary alicyclic amines) is 1. The third-order valence-electron chi connectivity index (χ3n) is 5.10. The summed E-state index contributed by atoms with van der Waals surface area (Å²) in [7, 11) is 0. The molecule has 4 nitrogen and oxygen atoms in total. The summed E-state index contributed by atoms with van der Waals surface area (Å²) in [4.78, 5) is 15.6. The van der Waals surface area contributed by atoms with Gasteiger partial charge in [0, 0.05) is 17.4 Å². The number of carbonyl (C=O) groups excluding carboxylic acids is 1. The SMILES string of the molecule is O=C(c1ccc(O)cc1)c1c(CCCN2CCCC2)oc2ccccc12. The summed E-state index contributed by atoms with van der Waals surface area (Å²) in [6.45, 7) is 3.41. The summed E-state index contributed by atoms with van der Waals surface area (Å²) in [6, 6.07) is 14.1. The van der Waals surface area contributed by atoms with E-state index >= 15 is 0 Å². The first-order valence-electron chi connectivity index (χ1n) is 9.29. The van der Waals surface area contributed by atoms with Crippen molar-refractivity contribution >= 4 is 16.8 Å². The Bertz CT molecular complexity index is 905. The number of fused-ring (bicyclic) bond motifs is 1. The summed E-state index contributed by atoms with van der Waals surface area (Å²) in [6.07, 6.45) is 4.31. The summed E-state index contributed by atoms with van der Waals surface area (Å²) >= 11 is 0. The zero-order chi connectivity index (χ0) is 17.9. The van der Waals surface area contributed by atoms with Gasteiger partial charge in [0.05, 0.1) is 5.56 Å². The van der Waals surface area contributed by atoms with E-state index in [1.54, 1.807) is 24.3 Å². The van der Waals surface area contributed by atoms with Gasteiger partial charge in [0.25, 0.3) is 0 Å². The van der Waals surface area contributed by atoms with Crippen molar-refractivity contribution in [1.29, 1.82) is 0 Å². The predicted octanol–water partition coefficient (Wildman–Crippen LogP) is 4.40. The number of hydrogen-bond acceptors (Lipinski definition) is 4. The van der Waals surface area contributed by atoms with Crippen LogP contribution in [0.2, 0.25) is 0 Å². The van der Waals surface area contributed by atoms with Crippen molar-refractivity contribution in [3.05, 3.63) is 65.4 Å². The van der Waals surface area contributed by atoms with Gasteiger partial charge < -0.3 is 14.4 Å². The Morgan fingerprint density at radius 3 is 2.54 bits per heavy atom. The highest BCUT2D eigenvalue weighted by molar-refractivity contribution is 6.16. The van der Waals surface area contributed by atoms with Crippen molar-refractivity contribution in [3.8, 4) is 5.75 Å². The van der Waals surface area contributed by atoms with Gasteiger partial charge >= 0.3 is 0 Å². The number of para-hydroxylation sites is 1. The number of carbonyl (C=O) groups is 1. The van der Waals surface area contributed by atoms with E-state index in [0.29, 0.717) is 11.1 Å². The molecule has 3 aromatic rings.